The molecule has 23 heavy (non-hydrogen) atoms. The Hall–Kier alpha value is -2.49. The van der Waals surface area contributed by atoms with Crippen molar-refractivity contribution < 1.29 is 9.59 Å². The Morgan fingerprint density at radius 1 is 1.39 bits per heavy atom. The van der Waals surface area contributed by atoms with Crippen LogP contribution in [0.4, 0.5) is 0 Å². The van der Waals surface area contributed by atoms with Gasteiger partial charge >= 0.3 is 5.69 Å². The molecule has 0 spiro atoms. The van der Waals surface area contributed by atoms with Gasteiger partial charge in [-0.15, -0.1) is 11.3 Å². The van der Waals surface area contributed by atoms with E-state index < -0.39 is 17.6 Å². The van der Waals surface area contributed by atoms with Crippen LogP contribution in [0.1, 0.15) is 19.3 Å². The van der Waals surface area contributed by atoms with Crippen molar-refractivity contribution in [2.45, 2.75) is 31.8 Å². The average molecular weight is 336 g/mol. The van der Waals surface area contributed by atoms with Gasteiger partial charge in [0.15, 0.2) is 0 Å². The minimum absolute atomic E-state index is 0.189. The Morgan fingerprint density at radius 3 is 3.04 bits per heavy atom. The molecular formula is C13H16N6O3S. The number of hydrogen-bond donors (Lipinski definition) is 2. The van der Waals surface area contributed by atoms with Crippen molar-refractivity contribution in [2.75, 3.05) is 6.54 Å². The van der Waals surface area contributed by atoms with E-state index in [0.29, 0.717) is 18.0 Å². The molecule has 10 heteroatoms. The molecule has 122 valence electrons. The van der Waals surface area contributed by atoms with E-state index in [1.807, 2.05) is 5.38 Å². The highest BCUT2D eigenvalue weighted by molar-refractivity contribution is 7.12. The molecule has 2 N–H and O–H groups in total. The Morgan fingerprint density at radius 2 is 2.26 bits per heavy atom. The van der Waals surface area contributed by atoms with Crippen LogP contribution in [0.2, 0.25) is 0 Å². The minimum atomic E-state index is -0.562. The summed E-state index contributed by atoms with van der Waals surface area (Å²) in [6.07, 6.45) is 2.35. The van der Waals surface area contributed by atoms with E-state index in [0.717, 1.165) is 22.2 Å². The molecule has 1 fully saturated rings. The van der Waals surface area contributed by atoms with Crippen LogP contribution in [0, 0.1) is 0 Å². The van der Waals surface area contributed by atoms with Crippen LogP contribution in [0.25, 0.3) is 5.00 Å². The Balaban J connectivity index is 1.66. The first kappa shape index (κ1) is 15.4. The summed E-state index contributed by atoms with van der Waals surface area (Å²) in [7, 11) is 0. The number of tetrazole rings is 1. The largest absolute Gasteiger partial charge is 0.369 e. The number of hydrogen-bond acceptors (Lipinski definition) is 6. The lowest BCUT2D eigenvalue weighted by molar-refractivity contribution is -0.129. The third kappa shape index (κ3) is 3.47. The predicted molar refractivity (Wildman–Crippen MR) is 82.3 cm³/mol. The van der Waals surface area contributed by atoms with Crippen LogP contribution in [-0.2, 0) is 16.1 Å². The van der Waals surface area contributed by atoms with Crippen molar-refractivity contribution in [2.24, 2.45) is 0 Å². The van der Waals surface area contributed by atoms with Gasteiger partial charge in [0.25, 0.3) is 0 Å². The van der Waals surface area contributed by atoms with Gasteiger partial charge in [-0.1, -0.05) is 0 Å². The highest BCUT2D eigenvalue weighted by Gasteiger charge is 2.23. The van der Waals surface area contributed by atoms with Crippen LogP contribution < -0.4 is 16.3 Å². The van der Waals surface area contributed by atoms with E-state index in [1.165, 1.54) is 11.3 Å². The second-order valence-electron chi connectivity index (χ2n) is 5.19. The smallest absolute Gasteiger partial charge is 0.354 e. The zero-order chi connectivity index (χ0) is 16.2. The highest BCUT2D eigenvalue weighted by atomic mass is 32.1. The Bertz CT molecular complexity index is 750. The number of amides is 2. The van der Waals surface area contributed by atoms with Gasteiger partial charge in [0.1, 0.15) is 17.6 Å². The van der Waals surface area contributed by atoms with Crippen molar-refractivity contribution in [1.29, 1.82) is 0 Å². The normalized spacial score (nSPS) is 18.3. The lowest BCUT2D eigenvalue weighted by Gasteiger charge is -2.14. The molecule has 1 atom stereocenters. The maximum absolute atomic E-state index is 12.2. The molecule has 3 heterocycles. The summed E-state index contributed by atoms with van der Waals surface area (Å²) >= 11 is 1.35. The standard InChI is InChI=1S/C13H16N6O3S/c20-10(15-9-4-1-2-6-14-12(9)21)8-18-13(22)19(17-16-18)11-5-3-7-23-11/h3,5,7,9H,1-2,4,6,8H2,(H,14,21)(H,15,20)/t9-/m1/s1. The van der Waals surface area contributed by atoms with Crippen LogP contribution >= 0.6 is 11.3 Å². The van der Waals surface area contributed by atoms with Crippen LogP contribution in [0.5, 0.6) is 0 Å². The molecule has 0 radical (unpaired) electrons. The number of nitrogens with zero attached hydrogens (tertiary/aromatic N) is 4. The van der Waals surface area contributed by atoms with Gasteiger partial charge in [0.05, 0.1) is 0 Å². The molecule has 0 aromatic carbocycles. The van der Waals surface area contributed by atoms with Gasteiger partial charge in [0.2, 0.25) is 11.8 Å². The number of nitrogens with one attached hydrogen (secondary N) is 2. The molecule has 3 rings (SSSR count). The average Bonchev–Trinajstić information content (AvgIpc) is 3.11. The lowest BCUT2D eigenvalue weighted by atomic mass is 10.1. The summed E-state index contributed by atoms with van der Waals surface area (Å²) in [4.78, 5) is 36.0. The van der Waals surface area contributed by atoms with Gasteiger partial charge in [-0.3, -0.25) is 9.59 Å². The second kappa shape index (κ2) is 6.73. The predicted octanol–water partition coefficient (Wildman–Crippen LogP) is -0.725. The summed E-state index contributed by atoms with van der Waals surface area (Å²) in [5, 5.41) is 15.3. The fraction of sp³-hybridized carbons (Fsp3) is 0.462. The van der Waals surface area contributed by atoms with Crippen molar-refractivity contribution in [3.05, 3.63) is 28.0 Å². The van der Waals surface area contributed by atoms with Crippen molar-refractivity contribution in [1.82, 2.24) is 30.4 Å². The maximum Gasteiger partial charge on any atom is 0.369 e. The maximum atomic E-state index is 12.2. The quantitative estimate of drug-likeness (QED) is 0.765. The van der Waals surface area contributed by atoms with Crippen molar-refractivity contribution in [3.63, 3.8) is 0 Å². The van der Waals surface area contributed by atoms with Crippen LogP contribution in [0.3, 0.4) is 0 Å². The number of aromatic nitrogens is 4. The van der Waals surface area contributed by atoms with E-state index in [2.05, 4.69) is 21.1 Å². The van der Waals surface area contributed by atoms with Crippen molar-refractivity contribution in [3.8, 4) is 5.00 Å². The Labute approximate surface area is 135 Å². The van der Waals surface area contributed by atoms with E-state index in [9.17, 15) is 14.4 Å². The van der Waals surface area contributed by atoms with Gasteiger partial charge in [-0.25, -0.2) is 4.79 Å². The highest BCUT2D eigenvalue weighted by Crippen LogP contribution is 2.10. The van der Waals surface area contributed by atoms with Gasteiger partial charge in [-0.2, -0.15) is 9.36 Å². The fourth-order valence-electron chi connectivity index (χ4n) is 2.36. The van der Waals surface area contributed by atoms with E-state index >= 15 is 0 Å². The minimum Gasteiger partial charge on any atom is -0.354 e. The molecule has 2 aromatic heterocycles. The van der Waals surface area contributed by atoms with E-state index in [-0.39, 0.29) is 12.5 Å². The molecule has 1 saturated heterocycles. The zero-order valence-corrected chi connectivity index (χ0v) is 13.1. The third-order valence-electron chi connectivity index (χ3n) is 3.52. The second-order valence-corrected chi connectivity index (χ2v) is 6.12. The lowest BCUT2D eigenvalue weighted by Crippen LogP contribution is -2.47. The van der Waals surface area contributed by atoms with Crippen LogP contribution in [0.15, 0.2) is 22.3 Å². The molecule has 0 unspecified atom stereocenters. The first-order chi connectivity index (χ1) is 11.1. The number of rotatable bonds is 4. The first-order valence-electron chi connectivity index (χ1n) is 7.29. The van der Waals surface area contributed by atoms with Gasteiger partial charge < -0.3 is 10.6 Å². The first-order valence-corrected chi connectivity index (χ1v) is 8.17. The van der Waals surface area contributed by atoms with Crippen LogP contribution in [-0.4, -0.2) is 44.2 Å². The monoisotopic (exact) mass is 336 g/mol. The molecule has 0 bridgehead atoms. The van der Waals surface area contributed by atoms with Gasteiger partial charge in [-0.05, 0) is 47.2 Å². The number of carbonyl (C=O) groups excluding carboxylic acids is 2. The Kier molecular flexibility index (Phi) is 4.51. The molecule has 0 saturated carbocycles. The summed E-state index contributed by atoms with van der Waals surface area (Å²) in [5.74, 6) is -0.627. The number of thiophene rings is 1. The van der Waals surface area contributed by atoms with Crippen molar-refractivity contribution >= 4 is 23.2 Å². The molecule has 1 aliphatic rings. The molecule has 0 aliphatic carbocycles. The van der Waals surface area contributed by atoms with E-state index in [1.54, 1.807) is 12.1 Å². The summed E-state index contributed by atoms with van der Waals surface area (Å²) < 4.78 is 2.11. The number of carbonyl (C=O) groups is 2. The fourth-order valence-corrected chi connectivity index (χ4v) is 3.02. The zero-order valence-electron chi connectivity index (χ0n) is 12.3. The molecule has 2 amide bonds. The molecule has 9 nitrogen and oxygen atoms in total. The summed E-state index contributed by atoms with van der Waals surface area (Å²) in [6.45, 7) is 0.355. The SMILES string of the molecule is O=C(Cn1nnn(-c2cccs2)c1=O)N[C@@H]1CCCCNC1=O. The van der Waals surface area contributed by atoms with E-state index in [4.69, 9.17) is 0 Å². The third-order valence-corrected chi connectivity index (χ3v) is 4.36. The molecular weight excluding hydrogens is 320 g/mol. The van der Waals surface area contributed by atoms with Gasteiger partial charge in [0, 0.05) is 6.54 Å². The molecule has 1 aliphatic heterocycles. The molecule has 2 aromatic rings. The topological polar surface area (TPSA) is 111 Å². The summed E-state index contributed by atoms with van der Waals surface area (Å²) in [6, 6.07) is 2.97. The summed E-state index contributed by atoms with van der Waals surface area (Å²) in [5.41, 5.74) is -0.493.